The number of rotatable bonds is 11. The molecule has 0 amide bonds. The molecule has 114 valence electrons. The first-order chi connectivity index (χ1) is 9.20. The maximum absolute atomic E-state index is 10.4. The fourth-order valence-corrected chi connectivity index (χ4v) is 1.44. The van der Waals surface area contributed by atoms with Crippen LogP contribution in [0.25, 0.3) is 0 Å². The molecular formula is C10H12AlN2O8-. The third-order valence-electron chi connectivity index (χ3n) is 2.14. The summed E-state index contributed by atoms with van der Waals surface area (Å²) >= 11 is 0. The van der Waals surface area contributed by atoms with Gasteiger partial charge in [-0.2, -0.15) is 0 Å². The van der Waals surface area contributed by atoms with Crippen molar-refractivity contribution in [2.45, 2.75) is 0 Å². The summed E-state index contributed by atoms with van der Waals surface area (Å²) in [5, 5.41) is 41.6. The van der Waals surface area contributed by atoms with Crippen LogP contribution in [0.5, 0.6) is 0 Å². The molecule has 0 spiro atoms. The average Bonchev–Trinajstić information content (AvgIpc) is 2.22. The van der Waals surface area contributed by atoms with Crippen LogP contribution < -0.4 is 20.4 Å². The third kappa shape index (κ3) is 13.1. The first kappa shape index (κ1) is 21.6. The largest absolute Gasteiger partial charge is 3.00 e. The van der Waals surface area contributed by atoms with E-state index in [1.807, 2.05) is 0 Å². The van der Waals surface area contributed by atoms with E-state index >= 15 is 0 Å². The molecule has 0 bridgehead atoms. The van der Waals surface area contributed by atoms with Crippen LogP contribution in [-0.4, -0.2) is 90.3 Å². The molecule has 0 saturated carbocycles. The van der Waals surface area contributed by atoms with E-state index < -0.39 is 50.1 Å². The monoisotopic (exact) mass is 315 g/mol. The molecule has 0 aliphatic rings. The zero-order valence-electron chi connectivity index (χ0n) is 11.0. The summed E-state index contributed by atoms with van der Waals surface area (Å²) in [6.45, 7) is -3.25. The number of carbonyl (C=O) groups excluding carboxylic acids is 4. The maximum Gasteiger partial charge on any atom is 3.00 e. The number of carboxylic acids is 4. The van der Waals surface area contributed by atoms with Crippen molar-refractivity contribution < 1.29 is 39.6 Å². The molecule has 0 rings (SSSR count). The van der Waals surface area contributed by atoms with E-state index in [0.29, 0.717) is 0 Å². The minimum Gasteiger partial charge on any atom is -0.549 e. The Kier molecular flexibility index (Phi) is 11.4. The summed E-state index contributed by atoms with van der Waals surface area (Å²) < 4.78 is 0. The molecule has 0 aromatic carbocycles. The van der Waals surface area contributed by atoms with Crippen molar-refractivity contribution in [2.75, 3.05) is 39.3 Å². The molecule has 0 aromatic rings. The van der Waals surface area contributed by atoms with Crippen LogP contribution in [0.15, 0.2) is 0 Å². The first-order valence-electron chi connectivity index (χ1n) is 5.44. The molecule has 11 heteroatoms. The van der Waals surface area contributed by atoms with Crippen molar-refractivity contribution in [3.8, 4) is 0 Å². The number of hydrogen-bond donors (Lipinski definition) is 0. The van der Waals surface area contributed by atoms with Gasteiger partial charge in [0.25, 0.3) is 0 Å². The maximum atomic E-state index is 10.4. The van der Waals surface area contributed by atoms with Gasteiger partial charge < -0.3 is 39.6 Å². The summed E-state index contributed by atoms with van der Waals surface area (Å²) in [6.07, 6.45) is 0. The van der Waals surface area contributed by atoms with Gasteiger partial charge in [-0.15, -0.1) is 0 Å². The molecule has 0 aliphatic carbocycles. The normalized spacial score (nSPS) is 10.2. The minimum atomic E-state index is -1.53. The minimum absolute atomic E-state index is 0. The SMILES string of the molecule is O=C([O-])CN(CCN(CC(=O)[O-])CC(=O)[O-])CC(=O)[O-].[Al+3]. The van der Waals surface area contributed by atoms with Gasteiger partial charge in [0, 0.05) is 39.3 Å². The van der Waals surface area contributed by atoms with E-state index in [4.69, 9.17) is 0 Å². The van der Waals surface area contributed by atoms with Crippen LogP contribution in [0.4, 0.5) is 0 Å². The Labute approximate surface area is 130 Å². The van der Waals surface area contributed by atoms with E-state index in [0.717, 1.165) is 9.80 Å². The van der Waals surface area contributed by atoms with Crippen molar-refractivity contribution in [1.29, 1.82) is 0 Å². The fourth-order valence-electron chi connectivity index (χ4n) is 1.44. The zero-order chi connectivity index (χ0) is 15.7. The second kappa shape index (κ2) is 11.0. The molecule has 0 saturated heterocycles. The predicted molar refractivity (Wildman–Crippen MR) is 58.7 cm³/mol. The van der Waals surface area contributed by atoms with Crippen molar-refractivity contribution in [3.63, 3.8) is 0 Å². The van der Waals surface area contributed by atoms with Crippen LogP contribution >= 0.6 is 0 Å². The smallest absolute Gasteiger partial charge is 0.549 e. The molecule has 0 unspecified atom stereocenters. The molecule has 0 aromatic heterocycles. The number of nitrogens with zero attached hydrogens (tertiary/aromatic N) is 2. The van der Waals surface area contributed by atoms with Crippen molar-refractivity contribution >= 4 is 41.2 Å². The Morgan fingerprint density at radius 3 is 0.905 bits per heavy atom. The molecule has 10 nitrogen and oxygen atoms in total. The van der Waals surface area contributed by atoms with Crippen LogP contribution in [-0.2, 0) is 19.2 Å². The van der Waals surface area contributed by atoms with Gasteiger partial charge in [-0.3, -0.25) is 9.80 Å². The van der Waals surface area contributed by atoms with E-state index in [2.05, 4.69) is 0 Å². The summed E-state index contributed by atoms with van der Waals surface area (Å²) in [6, 6.07) is 0. The van der Waals surface area contributed by atoms with Gasteiger partial charge in [0.2, 0.25) is 0 Å². The standard InChI is InChI=1S/C10H16N2O8.Al/c13-7(14)3-11(4-8(15)16)1-2-12(5-9(17)18)6-10(19)20;/h1-6H2,(H,13,14)(H,15,16)(H,17,18)(H,19,20);/q;+3/p-4. The van der Waals surface area contributed by atoms with Crippen LogP contribution in [0.3, 0.4) is 0 Å². The van der Waals surface area contributed by atoms with Crippen LogP contribution in [0, 0.1) is 0 Å². The molecule has 0 N–H and O–H groups in total. The molecular weight excluding hydrogens is 303 g/mol. The molecule has 0 aliphatic heterocycles. The number of carboxylic acid groups (broad SMARTS) is 4. The molecule has 0 radical (unpaired) electrons. The topological polar surface area (TPSA) is 167 Å². The summed E-state index contributed by atoms with van der Waals surface area (Å²) in [7, 11) is 0. The summed E-state index contributed by atoms with van der Waals surface area (Å²) in [5.74, 6) is -6.12. The van der Waals surface area contributed by atoms with E-state index in [-0.39, 0.29) is 30.5 Å². The number of aliphatic carboxylic acids is 4. The van der Waals surface area contributed by atoms with Gasteiger partial charge in [-0.05, 0) is 0 Å². The fraction of sp³-hybridized carbons (Fsp3) is 0.600. The Bertz CT molecular complexity index is 321. The first-order valence-corrected chi connectivity index (χ1v) is 5.44. The van der Waals surface area contributed by atoms with Gasteiger partial charge in [-0.25, -0.2) is 0 Å². The van der Waals surface area contributed by atoms with E-state index in [1.54, 1.807) is 0 Å². The number of hydrogen-bond acceptors (Lipinski definition) is 10. The average molecular weight is 315 g/mol. The molecule has 0 atom stereocenters. The van der Waals surface area contributed by atoms with Crippen molar-refractivity contribution in [3.05, 3.63) is 0 Å². The van der Waals surface area contributed by atoms with Gasteiger partial charge in [-0.1, -0.05) is 0 Å². The van der Waals surface area contributed by atoms with E-state index in [1.165, 1.54) is 0 Å². The molecule has 21 heavy (non-hydrogen) atoms. The predicted octanol–water partition coefficient (Wildman–Crippen LogP) is -7.79. The Morgan fingerprint density at radius 2 is 0.762 bits per heavy atom. The zero-order valence-corrected chi connectivity index (χ0v) is 12.1. The Morgan fingerprint density at radius 1 is 0.571 bits per heavy atom. The quantitative estimate of drug-likeness (QED) is 0.334. The number of carbonyl (C=O) groups is 4. The molecule has 0 heterocycles. The van der Waals surface area contributed by atoms with Gasteiger partial charge in [0.1, 0.15) is 0 Å². The van der Waals surface area contributed by atoms with Gasteiger partial charge in [0.15, 0.2) is 0 Å². The Hall–Kier alpha value is -1.67. The third-order valence-corrected chi connectivity index (χ3v) is 2.14. The van der Waals surface area contributed by atoms with Crippen LogP contribution in [0.2, 0.25) is 0 Å². The van der Waals surface area contributed by atoms with Gasteiger partial charge >= 0.3 is 17.4 Å². The van der Waals surface area contributed by atoms with Crippen LogP contribution in [0.1, 0.15) is 0 Å². The van der Waals surface area contributed by atoms with Crippen molar-refractivity contribution in [2.24, 2.45) is 0 Å². The summed E-state index contributed by atoms with van der Waals surface area (Å²) in [4.78, 5) is 43.4. The summed E-state index contributed by atoms with van der Waals surface area (Å²) in [5.41, 5.74) is 0. The van der Waals surface area contributed by atoms with E-state index in [9.17, 15) is 39.6 Å². The second-order valence-corrected chi connectivity index (χ2v) is 3.91. The second-order valence-electron chi connectivity index (χ2n) is 3.91. The van der Waals surface area contributed by atoms with Gasteiger partial charge in [0.05, 0.1) is 23.9 Å². The Balaban J connectivity index is 0. The van der Waals surface area contributed by atoms with Crippen molar-refractivity contribution in [1.82, 2.24) is 9.80 Å². The molecule has 0 fully saturated rings.